The summed E-state index contributed by atoms with van der Waals surface area (Å²) in [6, 6.07) is 7.52. The Hall–Kier alpha value is -0.480. The van der Waals surface area contributed by atoms with Crippen LogP contribution in [0.5, 0.6) is 0 Å². The molecule has 1 rings (SSSR count). The first-order valence-electron chi connectivity index (χ1n) is 7.65. The van der Waals surface area contributed by atoms with E-state index in [1.54, 1.807) is 0 Å². The van der Waals surface area contributed by atoms with Crippen LogP contribution < -0.4 is 0 Å². The van der Waals surface area contributed by atoms with Gasteiger partial charge in [-0.2, -0.15) is 0 Å². The van der Waals surface area contributed by atoms with E-state index in [4.69, 9.17) is 4.74 Å². The highest BCUT2D eigenvalue weighted by molar-refractivity contribution is 9.10. The first-order chi connectivity index (χ1) is 9.91. The first kappa shape index (κ1) is 20.5. The molecule has 0 aliphatic heterocycles. The van der Waals surface area contributed by atoms with Crippen molar-refractivity contribution in [3.63, 3.8) is 0 Å². The Morgan fingerprint density at radius 3 is 2.29 bits per heavy atom. The van der Waals surface area contributed by atoms with Gasteiger partial charge in [-0.15, -0.1) is 0 Å². The minimum Gasteiger partial charge on any atom is -0.367 e. The van der Waals surface area contributed by atoms with Crippen LogP contribution in [0.4, 0.5) is 8.78 Å². The fraction of sp³-hybridized carbons (Fsp3) is 0.647. The van der Waals surface area contributed by atoms with Crippen LogP contribution >= 0.6 is 15.9 Å². The quantitative estimate of drug-likeness (QED) is 0.529. The summed E-state index contributed by atoms with van der Waals surface area (Å²) in [7, 11) is 0. The summed E-state index contributed by atoms with van der Waals surface area (Å²) >= 11 is 3.35. The van der Waals surface area contributed by atoms with Crippen LogP contribution in [-0.2, 0) is 11.3 Å². The number of benzene rings is 1. The molecule has 1 aromatic rings. The summed E-state index contributed by atoms with van der Waals surface area (Å²) in [6.45, 7) is 7.85. The monoisotopic (exact) mass is 364 g/mol. The van der Waals surface area contributed by atoms with Crippen molar-refractivity contribution in [1.82, 2.24) is 0 Å². The summed E-state index contributed by atoms with van der Waals surface area (Å²) in [5.41, 5.74) is 0.900. The third-order valence-corrected chi connectivity index (χ3v) is 3.33. The molecule has 1 atom stereocenters. The Morgan fingerprint density at radius 2 is 1.81 bits per heavy atom. The van der Waals surface area contributed by atoms with E-state index in [-0.39, 0.29) is 13.0 Å². The molecule has 21 heavy (non-hydrogen) atoms. The summed E-state index contributed by atoms with van der Waals surface area (Å²) in [4.78, 5) is 0. The largest absolute Gasteiger partial charge is 0.367 e. The molecule has 122 valence electrons. The highest BCUT2D eigenvalue weighted by Crippen LogP contribution is 2.29. The minimum atomic E-state index is -2.75. The SMILES string of the molecule is CCC.CCCC(OCc1cccc(Br)c1)C(F)(F)CC. The molecule has 1 unspecified atom stereocenters. The highest BCUT2D eigenvalue weighted by Gasteiger charge is 2.37. The van der Waals surface area contributed by atoms with E-state index >= 15 is 0 Å². The molecule has 0 heterocycles. The summed E-state index contributed by atoms with van der Waals surface area (Å²) < 4.78 is 33.6. The molecule has 0 fully saturated rings. The topological polar surface area (TPSA) is 9.23 Å². The van der Waals surface area contributed by atoms with E-state index in [2.05, 4.69) is 29.8 Å². The lowest BCUT2D eigenvalue weighted by atomic mass is 10.1. The van der Waals surface area contributed by atoms with Gasteiger partial charge in [-0.1, -0.05) is 68.6 Å². The van der Waals surface area contributed by atoms with Crippen LogP contribution in [0.3, 0.4) is 0 Å². The number of alkyl halides is 2. The average molecular weight is 365 g/mol. The van der Waals surface area contributed by atoms with Gasteiger partial charge >= 0.3 is 0 Å². The number of hydrogen-bond donors (Lipinski definition) is 0. The van der Waals surface area contributed by atoms with E-state index in [0.29, 0.717) is 12.8 Å². The van der Waals surface area contributed by atoms with Gasteiger partial charge in [-0.3, -0.25) is 0 Å². The van der Waals surface area contributed by atoms with E-state index in [9.17, 15) is 8.78 Å². The van der Waals surface area contributed by atoms with Crippen molar-refractivity contribution in [3.05, 3.63) is 34.3 Å². The minimum absolute atomic E-state index is 0.184. The number of ether oxygens (including phenoxy) is 1. The average Bonchev–Trinajstić information content (AvgIpc) is 2.44. The lowest BCUT2D eigenvalue weighted by Crippen LogP contribution is -2.35. The number of rotatable bonds is 7. The maximum Gasteiger partial charge on any atom is 0.273 e. The van der Waals surface area contributed by atoms with Gasteiger partial charge in [0.25, 0.3) is 5.92 Å². The molecule has 0 N–H and O–H groups in total. The molecule has 0 aliphatic carbocycles. The van der Waals surface area contributed by atoms with Gasteiger partial charge in [0.15, 0.2) is 0 Å². The van der Waals surface area contributed by atoms with E-state index < -0.39 is 12.0 Å². The molecule has 0 amide bonds. The van der Waals surface area contributed by atoms with Gasteiger partial charge in [0.2, 0.25) is 0 Å². The van der Waals surface area contributed by atoms with E-state index in [1.807, 2.05) is 31.2 Å². The van der Waals surface area contributed by atoms with Crippen molar-refractivity contribution in [2.24, 2.45) is 0 Å². The Morgan fingerprint density at radius 1 is 1.19 bits per heavy atom. The second-order valence-corrected chi connectivity index (χ2v) is 5.96. The third kappa shape index (κ3) is 8.52. The molecule has 0 saturated carbocycles. The normalized spacial score (nSPS) is 12.5. The predicted molar refractivity (Wildman–Crippen MR) is 88.8 cm³/mol. The zero-order valence-electron chi connectivity index (χ0n) is 13.5. The van der Waals surface area contributed by atoms with Crippen LogP contribution in [0.15, 0.2) is 28.7 Å². The number of halogens is 3. The van der Waals surface area contributed by atoms with E-state index in [0.717, 1.165) is 10.0 Å². The van der Waals surface area contributed by atoms with Crippen LogP contribution in [0.1, 0.15) is 58.9 Å². The van der Waals surface area contributed by atoms with Gasteiger partial charge in [0, 0.05) is 10.9 Å². The van der Waals surface area contributed by atoms with Crippen molar-refractivity contribution in [2.75, 3.05) is 0 Å². The van der Waals surface area contributed by atoms with Crippen molar-refractivity contribution in [1.29, 1.82) is 0 Å². The molecule has 4 heteroatoms. The first-order valence-corrected chi connectivity index (χ1v) is 8.44. The zero-order chi connectivity index (χ0) is 16.3. The molecule has 0 saturated heterocycles. The molecule has 0 bridgehead atoms. The van der Waals surface area contributed by atoms with Crippen molar-refractivity contribution in [3.8, 4) is 0 Å². The Kier molecular flexibility index (Phi) is 10.9. The fourth-order valence-corrected chi connectivity index (χ4v) is 2.18. The molecule has 0 radical (unpaired) electrons. The van der Waals surface area contributed by atoms with Crippen LogP contribution in [0.25, 0.3) is 0 Å². The maximum atomic E-state index is 13.7. The van der Waals surface area contributed by atoms with Crippen LogP contribution in [-0.4, -0.2) is 12.0 Å². The molecule has 0 spiro atoms. The Labute approximate surface area is 136 Å². The molecule has 1 nitrogen and oxygen atoms in total. The Balaban J connectivity index is 0.00000122. The smallest absolute Gasteiger partial charge is 0.273 e. The molecule has 0 aromatic heterocycles. The fourth-order valence-electron chi connectivity index (χ4n) is 1.73. The van der Waals surface area contributed by atoms with Gasteiger partial charge in [-0.25, -0.2) is 8.78 Å². The standard InChI is InChI=1S/C14H19BrF2O.C3H8/c1-3-6-13(14(16,17)4-2)18-10-11-7-5-8-12(15)9-11;1-3-2/h5,7-9,13H,3-4,6,10H2,1-2H3;3H2,1-2H3. The molecule has 0 aliphatic rings. The van der Waals surface area contributed by atoms with Crippen LogP contribution in [0, 0.1) is 0 Å². The van der Waals surface area contributed by atoms with Gasteiger partial charge in [-0.05, 0) is 24.1 Å². The summed E-state index contributed by atoms with van der Waals surface area (Å²) in [5.74, 6) is -2.75. The van der Waals surface area contributed by atoms with Crippen molar-refractivity contribution < 1.29 is 13.5 Å². The highest BCUT2D eigenvalue weighted by atomic mass is 79.9. The van der Waals surface area contributed by atoms with Crippen molar-refractivity contribution >= 4 is 15.9 Å². The molecular weight excluding hydrogens is 338 g/mol. The molecular formula is C17H27BrF2O. The molecule has 1 aromatic carbocycles. The second kappa shape index (κ2) is 11.1. The number of hydrogen-bond acceptors (Lipinski definition) is 1. The van der Waals surface area contributed by atoms with Gasteiger partial charge in [0.1, 0.15) is 6.10 Å². The second-order valence-electron chi connectivity index (χ2n) is 5.04. The van der Waals surface area contributed by atoms with E-state index in [1.165, 1.54) is 13.3 Å². The lowest BCUT2D eigenvalue weighted by Gasteiger charge is -2.26. The predicted octanol–water partition coefficient (Wildman–Crippen LogP) is 6.60. The third-order valence-electron chi connectivity index (χ3n) is 2.83. The van der Waals surface area contributed by atoms with Crippen LogP contribution in [0.2, 0.25) is 0 Å². The Bertz CT molecular complexity index is 383. The maximum absolute atomic E-state index is 13.7. The van der Waals surface area contributed by atoms with Gasteiger partial charge in [0.05, 0.1) is 6.61 Å². The lowest BCUT2D eigenvalue weighted by molar-refractivity contribution is -0.147. The van der Waals surface area contributed by atoms with Crippen molar-refractivity contribution in [2.45, 2.75) is 72.0 Å². The van der Waals surface area contributed by atoms with Gasteiger partial charge < -0.3 is 4.74 Å². The summed E-state index contributed by atoms with van der Waals surface area (Å²) in [6.07, 6.45) is 1.15. The summed E-state index contributed by atoms with van der Waals surface area (Å²) in [5, 5.41) is 0. The zero-order valence-corrected chi connectivity index (χ0v) is 15.1.